The molecule has 1 atom stereocenters. The number of aromatic nitrogens is 2. The van der Waals surface area contributed by atoms with Crippen molar-refractivity contribution in [2.45, 2.75) is 11.7 Å². The molecular weight excluding hydrogens is 260 g/mol. The number of thioether (sulfide) groups is 1. The molecule has 1 aliphatic rings. The molecule has 98 valence electrons. The number of amidine groups is 1. The molecule has 6 heteroatoms. The van der Waals surface area contributed by atoms with Crippen molar-refractivity contribution in [3.63, 3.8) is 0 Å². The molecule has 5 nitrogen and oxygen atoms in total. The number of hydrogen-bond donors (Lipinski definition) is 1. The maximum absolute atomic E-state index is 4.94. The van der Waals surface area contributed by atoms with Gasteiger partial charge in [0.15, 0.2) is 11.5 Å². The van der Waals surface area contributed by atoms with E-state index < -0.39 is 0 Å². The van der Waals surface area contributed by atoms with Crippen LogP contribution >= 0.6 is 11.8 Å². The number of hydrogen-bond acceptors (Lipinski definition) is 6. The molecule has 0 aliphatic carbocycles. The quantitative estimate of drug-likeness (QED) is 0.924. The molecule has 19 heavy (non-hydrogen) atoms. The Hall–Kier alpha value is -1.82. The molecular formula is C13H14N4OS. The van der Waals surface area contributed by atoms with Crippen molar-refractivity contribution in [1.82, 2.24) is 15.5 Å². The number of nitrogens with zero attached hydrogens (tertiary/aromatic N) is 3. The minimum Gasteiger partial charge on any atom is -0.364 e. The molecule has 1 N–H and O–H groups in total. The van der Waals surface area contributed by atoms with Crippen molar-refractivity contribution in [3.05, 3.63) is 48.1 Å². The molecule has 1 aromatic carbocycles. The van der Waals surface area contributed by atoms with Gasteiger partial charge in [0.25, 0.3) is 0 Å². The summed E-state index contributed by atoms with van der Waals surface area (Å²) in [6.07, 6.45) is 2.14. The van der Waals surface area contributed by atoms with Gasteiger partial charge in [-0.1, -0.05) is 47.3 Å². The van der Waals surface area contributed by atoms with Gasteiger partial charge in [0.05, 0.1) is 11.8 Å². The van der Waals surface area contributed by atoms with Gasteiger partial charge in [-0.2, -0.15) is 4.98 Å². The summed E-state index contributed by atoms with van der Waals surface area (Å²) in [5.74, 6) is 0.649. The third-order valence-corrected chi connectivity index (χ3v) is 4.05. The first-order valence-corrected chi connectivity index (χ1v) is 7.05. The van der Waals surface area contributed by atoms with Crippen LogP contribution in [0.5, 0.6) is 0 Å². The van der Waals surface area contributed by atoms with Gasteiger partial charge >= 0.3 is 0 Å². The fourth-order valence-electron chi connectivity index (χ4n) is 1.90. The van der Waals surface area contributed by atoms with Gasteiger partial charge in [0, 0.05) is 13.0 Å². The van der Waals surface area contributed by atoms with Crippen LogP contribution in [0.4, 0.5) is 0 Å². The monoisotopic (exact) mass is 274 g/mol. The maximum atomic E-state index is 4.94. The van der Waals surface area contributed by atoms with Crippen LogP contribution in [0.1, 0.15) is 16.7 Å². The lowest BCUT2D eigenvalue weighted by molar-refractivity contribution is 0.377. The first-order chi connectivity index (χ1) is 9.42. The van der Waals surface area contributed by atoms with Crippen LogP contribution in [0.25, 0.3) is 0 Å². The highest BCUT2D eigenvalue weighted by Crippen LogP contribution is 2.33. The van der Waals surface area contributed by atoms with E-state index in [0.717, 1.165) is 24.7 Å². The van der Waals surface area contributed by atoms with Crippen LogP contribution in [-0.4, -0.2) is 28.4 Å². The lowest BCUT2D eigenvalue weighted by atomic mass is 10.1. The van der Waals surface area contributed by atoms with E-state index in [9.17, 15) is 0 Å². The summed E-state index contributed by atoms with van der Waals surface area (Å²) in [4.78, 5) is 8.49. The number of aliphatic imine (C=N–C) groups is 1. The molecule has 0 fully saturated rings. The Kier molecular flexibility index (Phi) is 3.78. The molecule has 0 saturated heterocycles. The minimum atomic E-state index is 0.423. The van der Waals surface area contributed by atoms with Crippen LogP contribution < -0.4 is 5.32 Å². The summed E-state index contributed by atoms with van der Waals surface area (Å²) in [6.45, 7) is 1.59. The maximum Gasteiger partial charge on any atom is 0.228 e. The molecule has 3 rings (SSSR count). The average Bonchev–Trinajstić information content (AvgIpc) is 3.11. The third-order valence-electron chi connectivity index (χ3n) is 2.85. The predicted octanol–water partition coefficient (Wildman–Crippen LogP) is 2.05. The zero-order valence-corrected chi connectivity index (χ0v) is 11.1. The third kappa shape index (κ3) is 3.14. The molecule has 0 bridgehead atoms. The SMILES string of the molecule is c1ccc(C2CN=C(NCCc3ncno3)S2)cc1. The summed E-state index contributed by atoms with van der Waals surface area (Å²) in [5, 5.41) is 8.30. The number of nitrogens with one attached hydrogen (secondary N) is 1. The van der Waals surface area contributed by atoms with Crippen molar-refractivity contribution < 1.29 is 4.52 Å². The van der Waals surface area contributed by atoms with Crippen molar-refractivity contribution >= 4 is 16.9 Å². The summed E-state index contributed by atoms with van der Waals surface area (Å²) in [6, 6.07) is 10.5. The van der Waals surface area contributed by atoms with Crippen LogP contribution in [0.3, 0.4) is 0 Å². The first kappa shape index (κ1) is 12.2. The van der Waals surface area contributed by atoms with E-state index in [0.29, 0.717) is 11.1 Å². The average molecular weight is 274 g/mol. The Bertz CT molecular complexity index is 541. The van der Waals surface area contributed by atoms with Crippen LogP contribution in [-0.2, 0) is 6.42 Å². The lowest BCUT2D eigenvalue weighted by Crippen LogP contribution is -2.21. The van der Waals surface area contributed by atoms with E-state index >= 15 is 0 Å². The largest absolute Gasteiger partial charge is 0.364 e. The molecule has 0 radical (unpaired) electrons. The van der Waals surface area contributed by atoms with Gasteiger partial charge in [-0.15, -0.1) is 0 Å². The highest BCUT2D eigenvalue weighted by Gasteiger charge is 2.20. The van der Waals surface area contributed by atoms with Crippen LogP contribution in [0.15, 0.2) is 46.2 Å². The number of rotatable bonds is 4. The molecule has 0 amide bonds. The molecule has 2 aromatic rings. The minimum absolute atomic E-state index is 0.423. The van der Waals surface area contributed by atoms with Crippen molar-refractivity contribution in [1.29, 1.82) is 0 Å². The van der Waals surface area contributed by atoms with E-state index in [2.05, 4.69) is 44.7 Å². The fraction of sp³-hybridized carbons (Fsp3) is 0.308. The Balaban J connectivity index is 1.47. The van der Waals surface area contributed by atoms with E-state index in [1.807, 2.05) is 6.07 Å². The van der Waals surface area contributed by atoms with Crippen molar-refractivity contribution in [2.24, 2.45) is 4.99 Å². The van der Waals surface area contributed by atoms with Gasteiger partial charge in [0.2, 0.25) is 5.89 Å². The van der Waals surface area contributed by atoms with Gasteiger partial charge in [0.1, 0.15) is 0 Å². The molecule has 1 aliphatic heterocycles. The fourth-order valence-corrected chi connectivity index (χ4v) is 2.94. The van der Waals surface area contributed by atoms with Gasteiger partial charge < -0.3 is 9.84 Å². The van der Waals surface area contributed by atoms with Crippen LogP contribution in [0, 0.1) is 0 Å². The highest BCUT2D eigenvalue weighted by atomic mass is 32.2. The van der Waals surface area contributed by atoms with E-state index in [4.69, 9.17) is 4.52 Å². The standard InChI is InChI=1S/C13H14N4OS/c1-2-4-10(5-3-1)11-8-15-13(19-11)14-7-6-12-16-9-17-18-12/h1-5,9,11H,6-8H2,(H,14,15). The van der Waals surface area contributed by atoms with E-state index in [1.54, 1.807) is 11.8 Å². The van der Waals surface area contributed by atoms with Gasteiger partial charge in [-0.25, -0.2) is 0 Å². The molecule has 0 spiro atoms. The van der Waals surface area contributed by atoms with E-state index in [1.165, 1.54) is 11.9 Å². The number of benzene rings is 1. The van der Waals surface area contributed by atoms with E-state index in [-0.39, 0.29) is 0 Å². The van der Waals surface area contributed by atoms with Gasteiger partial charge in [-0.05, 0) is 5.56 Å². The Morgan fingerprint density at radius 1 is 1.32 bits per heavy atom. The van der Waals surface area contributed by atoms with Crippen molar-refractivity contribution in [2.75, 3.05) is 13.1 Å². The predicted molar refractivity (Wildman–Crippen MR) is 75.1 cm³/mol. The highest BCUT2D eigenvalue weighted by molar-refractivity contribution is 8.14. The smallest absolute Gasteiger partial charge is 0.228 e. The molecule has 2 heterocycles. The molecule has 1 unspecified atom stereocenters. The summed E-state index contributed by atoms with van der Waals surface area (Å²) < 4.78 is 4.94. The summed E-state index contributed by atoms with van der Waals surface area (Å²) in [7, 11) is 0. The lowest BCUT2D eigenvalue weighted by Gasteiger charge is -2.08. The first-order valence-electron chi connectivity index (χ1n) is 6.17. The second kappa shape index (κ2) is 5.88. The molecule has 0 saturated carbocycles. The Labute approximate surface area is 115 Å². The molecule has 1 aromatic heterocycles. The zero-order valence-electron chi connectivity index (χ0n) is 10.3. The summed E-state index contributed by atoms with van der Waals surface area (Å²) >= 11 is 1.77. The summed E-state index contributed by atoms with van der Waals surface area (Å²) in [5.41, 5.74) is 1.32. The second-order valence-corrected chi connectivity index (χ2v) is 5.37. The van der Waals surface area contributed by atoms with Gasteiger partial charge in [-0.3, -0.25) is 4.99 Å². The zero-order chi connectivity index (χ0) is 12.9. The second-order valence-electron chi connectivity index (χ2n) is 4.17. The Morgan fingerprint density at radius 3 is 3.00 bits per heavy atom. The van der Waals surface area contributed by atoms with Crippen molar-refractivity contribution in [3.8, 4) is 0 Å². The normalized spacial score (nSPS) is 18.3. The van der Waals surface area contributed by atoms with Crippen LogP contribution in [0.2, 0.25) is 0 Å². The Morgan fingerprint density at radius 2 is 2.21 bits per heavy atom. The topological polar surface area (TPSA) is 63.3 Å².